The maximum absolute atomic E-state index is 12.4. The normalized spacial score (nSPS) is 13.0. The lowest BCUT2D eigenvalue weighted by Crippen LogP contribution is -2.36. The van der Waals surface area contributed by atoms with Gasteiger partial charge in [0.15, 0.2) is 5.82 Å². The molecule has 1 unspecified atom stereocenters. The summed E-state index contributed by atoms with van der Waals surface area (Å²) in [7, 11) is 1.47. The smallest absolute Gasteiger partial charge is 0.407 e. The van der Waals surface area contributed by atoms with Gasteiger partial charge in [0.1, 0.15) is 12.3 Å². The van der Waals surface area contributed by atoms with Crippen molar-refractivity contribution in [1.29, 1.82) is 0 Å². The van der Waals surface area contributed by atoms with Crippen LogP contribution in [0.5, 0.6) is 0 Å². The first kappa shape index (κ1) is 22.1. The zero-order valence-corrected chi connectivity index (χ0v) is 18.2. The number of rotatable bonds is 7. The average molecular weight is 448 g/mol. The number of carboxylic acid groups (broad SMARTS) is 1. The molecule has 0 radical (unpaired) electrons. The van der Waals surface area contributed by atoms with E-state index in [1.807, 2.05) is 36.4 Å². The number of fused-ring (bicyclic) bond motifs is 3. The third-order valence-corrected chi connectivity index (χ3v) is 5.57. The van der Waals surface area contributed by atoms with Crippen molar-refractivity contribution in [2.24, 2.45) is 7.05 Å². The summed E-state index contributed by atoms with van der Waals surface area (Å²) in [5, 5.41) is 18.2. The van der Waals surface area contributed by atoms with Crippen LogP contribution < -0.4 is 10.6 Å². The van der Waals surface area contributed by atoms with Crippen LogP contribution in [0.25, 0.3) is 11.1 Å². The van der Waals surface area contributed by atoms with E-state index in [1.165, 1.54) is 13.1 Å². The Labute approximate surface area is 190 Å². The predicted octanol–water partition coefficient (Wildman–Crippen LogP) is 3.37. The van der Waals surface area contributed by atoms with Crippen molar-refractivity contribution in [3.8, 4) is 11.1 Å². The molecule has 0 saturated heterocycles. The monoisotopic (exact) mass is 448 g/mol. The van der Waals surface area contributed by atoms with Crippen molar-refractivity contribution in [2.75, 3.05) is 11.9 Å². The third-order valence-electron chi connectivity index (χ3n) is 5.57. The summed E-state index contributed by atoms with van der Waals surface area (Å²) in [5.41, 5.74) is 4.49. The fraction of sp³-hybridized carbons (Fsp3) is 0.250. The van der Waals surface area contributed by atoms with Crippen molar-refractivity contribution in [3.05, 3.63) is 71.4 Å². The molecule has 3 N–H and O–H groups in total. The Balaban J connectivity index is 1.30. The summed E-state index contributed by atoms with van der Waals surface area (Å²) in [6.45, 7) is 1.87. The molecule has 33 heavy (non-hydrogen) atoms. The second-order valence-electron chi connectivity index (χ2n) is 7.97. The summed E-state index contributed by atoms with van der Waals surface area (Å²) < 4.78 is 6.66. The van der Waals surface area contributed by atoms with E-state index in [1.54, 1.807) is 6.92 Å². The number of carbonyl (C=O) groups excluding carboxylic acids is 2. The summed E-state index contributed by atoms with van der Waals surface area (Å²) in [5.74, 6) is -1.46. The van der Waals surface area contributed by atoms with Crippen molar-refractivity contribution in [2.45, 2.75) is 25.3 Å². The zero-order valence-electron chi connectivity index (χ0n) is 18.2. The molecule has 9 nitrogen and oxygen atoms in total. The SMILES string of the molecule is CC(CC(=O)Nc1cc(C(=O)O)n(C)n1)NC(=O)OCC1c2ccccc2-c2ccccc21. The minimum Gasteiger partial charge on any atom is -0.477 e. The second-order valence-corrected chi connectivity index (χ2v) is 7.97. The standard InChI is InChI=1S/C24H24N4O5/c1-14(11-22(29)26-21-12-20(23(30)31)28(2)27-21)25-24(32)33-13-19-17-9-5-3-7-15(17)16-8-4-6-10-18(16)19/h3-10,12,14,19H,11,13H2,1-2H3,(H,25,32)(H,30,31)(H,26,27,29). The second kappa shape index (κ2) is 9.15. The Morgan fingerprint density at radius 1 is 1.09 bits per heavy atom. The molecule has 1 aliphatic rings. The van der Waals surface area contributed by atoms with Gasteiger partial charge in [0.2, 0.25) is 5.91 Å². The number of hydrogen-bond donors (Lipinski definition) is 3. The molecule has 0 spiro atoms. The van der Waals surface area contributed by atoms with Crippen molar-refractivity contribution in [1.82, 2.24) is 15.1 Å². The van der Waals surface area contributed by atoms with Gasteiger partial charge in [0.05, 0.1) is 0 Å². The highest BCUT2D eigenvalue weighted by Gasteiger charge is 2.29. The molecule has 0 saturated carbocycles. The van der Waals surface area contributed by atoms with Gasteiger partial charge >= 0.3 is 12.1 Å². The lowest BCUT2D eigenvalue weighted by molar-refractivity contribution is -0.116. The van der Waals surface area contributed by atoms with E-state index in [4.69, 9.17) is 9.84 Å². The number of carboxylic acids is 1. The van der Waals surface area contributed by atoms with Gasteiger partial charge in [-0.1, -0.05) is 48.5 Å². The Kier molecular flexibility index (Phi) is 6.12. The molecule has 2 amide bonds. The fourth-order valence-corrected chi connectivity index (χ4v) is 4.09. The maximum atomic E-state index is 12.4. The number of alkyl carbamates (subject to hydrolysis) is 1. The predicted molar refractivity (Wildman–Crippen MR) is 121 cm³/mol. The molecular formula is C24H24N4O5. The lowest BCUT2D eigenvalue weighted by Gasteiger charge is -2.17. The maximum Gasteiger partial charge on any atom is 0.407 e. The summed E-state index contributed by atoms with van der Waals surface area (Å²) in [6, 6.07) is 16.9. The molecule has 1 aliphatic carbocycles. The number of aromatic nitrogens is 2. The van der Waals surface area contributed by atoms with Gasteiger partial charge in [0.25, 0.3) is 0 Å². The molecule has 1 heterocycles. The van der Waals surface area contributed by atoms with Crippen molar-refractivity contribution < 1.29 is 24.2 Å². The lowest BCUT2D eigenvalue weighted by atomic mass is 9.98. The van der Waals surface area contributed by atoms with Gasteiger partial charge in [-0.2, -0.15) is 5.10 Å². The highest BCUT2D eigenvalue weighted by molar-refractivity contribution is 5.92. The van der Waals surface area contributed by atoms with E-state index in [0.717, 1.165) is 26.9 Å². The molecule has 170 valence electrons. The molecule has 1 aromatic heterocycles. The van der Waals surface area contributed by atoms with Crippen LogP contribution in [-0.4, -0.2) is 45.5 Å². The van der Waals surface area contributed by atoms with Gasteiger partial charge < -0.3 is 20.5 Å². The third kappa shape index (κ3) is 4.72. The molecule has 3 aromatic rings. The molecular weight excluding hydrogens is 424 g/mol. The number of aromatic carboxylic acids is 1. The van der Waals surface area contributed by atoms with E-state index in [9.17, 15) is 14.4 Å². The molecule has 0 bridgehead atoms. The molecule has 0 fully saturated rings. The minimum atomic E-state index is -1.14. The van der Waals surface area contributed by atoms with E-state index in [-0.39, 0.29) is 30.5 Å². The topological polar surface area (TPSA) is 123 Å². The number of aryl methyl sites for hydroxylation is 1. The Morgan fingerprint density at radius 2 is 1.70 bits per heavy atom. The Bertz CT molecular complexity index is 1170. The number of hydrogen-bond acceptors (Lipinski definition) is 5. The van der Waals surface area contributed by atoms with Crippen LogP contribution in [0.3, 0.4) is 0 Å². The summed E-state index contributed by atoms with van der Waals surface area (Å²) in [6.07, 6.45) is -0.633. The van der Waals surface area contributed by atoms with Crippen LogP contribution in [0.15, 0.2) is 54.6 Å². The molecule has 0 aliphatic heterocycles. The number of ether oxygens (including phenoxy) is 1. The van der Waals surface area contributed by atoms with Crippen LogP contribution in [0.2, 0.25) is 0 Å². The fourth-order valence-electron chi connectivity index (χ4n) is 4.09. The van der Waals surface area contributed by atoms with Crippen molar-refractivity contribution in [3.63, 3.8) is 0 Å². The minimum absolute atomic E-state index is 0.0246. The van der Waals surface area contributed by atoms with Crippen LogP contribution in [0.4, 0.5) is 10.6 Å². The Hall–Kier alpha value is -4.14. The Morgan fingerprint density at radius 3 is 2.27 bits per heavy atom. The average Bonchev–Trinajstić information content (AvgIpc) is 3.29. The summed E-state index contributed by atoms with van der Waals surface area (Å²) in [4.78, 5) is 35.7. The first-order valence-electron chi connectivity index (χ1n) is 10.5. The van der Waals surface area contributed by atoms with Gasteiger partial charge in [-0.25, -0.2) is 9.59 Å². The van der Waals surface area contributed by atoms with Crippen LogP contribution in [-0.2, 0) is 16.6 Å². The van der Waals surface area contributed by atoms with Gasteiger partial charge in [-0.15, -0.1) is 0 Å². The summed E-state index contributed by atoms with van der Waals surface area (Å²) >= 11 is 0. The number of benzene rings is 2. The largest absolute Gasteiger partial charge is 0.477 e. The van der Waals surface area contributed by atoms with Gasteiger partial charge in [0, 0.05) is 31.5 Å². The first-order valence-corrected chi connectivity index (χ1v) is 10.5. The van der Waals surface area contributed by atoms with E-state index < -0.39 is 24.0 Å². The molecule has 4 rings (SSSR count). The quantitative estimate of drug-likeness (QED) is 0.509. The van der Waals surface area contributed by atoms with E-state index in [2.05, 4.69) is 27.9 Å². The van der Waals surface area contributed by atoms with E-state index >= 15 is 0 Å². The number of carbonyl (C=O) groups is 3. The van der Waals surface area contributed by atoms with Crippen LogP contribution in [0, 0.1) is 0 Å². The molecule has 2 aromatic carbocycles. The highest BCUT2D eigenvalue weighted by atomic mass is 16.5. The number of anilines is 1. The number of nitrogens with zero attached hydrogens (tertiary/aromatic N) is 2. The molecule has 9 heteroatoms. The van der Waals surface area contributed by atoms with Crippen LogP contribution >= 0.6 is 0 Å². The van der Waals surface area contributed by atoms with Crippen LogP contribution in [0.1, 0.15) is 40.9 Å². The number of amides is 2. The van der Waals surface area contributed by atoms with Gasteiger partial charge in [-0.05, 0) is 29.2 Å². The van der Waals surface area contributed by atoms with Gasteiger partial charge in [-0.3, -0.25) is 9.48 Å². The zero-order chi connectivity index (χ0) is 23.5. The van der Waals surface area contributed by atoms with Crippen molar-refractivity contribution >= 4 is 23.8 Å². The highest BCUT2D eigenvalue weighted by Crippen LogP contribution is 2.44. The first-order chi connectivity index (χ1) is 15.8. The van der Waals surface area contributed by atoms with E-state index in [0.29, 0.717) is 0 Å². The number of nitrogens with one attached hydrogen (secondary N) is 2. The molecule has 1 atom stereocenters.